The van der Waals surface area contributed by atoms with Gasteiger partial charge in [0.05, 0.1) is 77.1 Å². The topological polar surface area (TPSA) is 246 Å². The predicted octanol–water partition coefficient (Wildman–Crippen LogP) is 5.20. The molecule has 1 fully saturated rings. The molecule has 0 bridgehead atoms. The average molecular weight is 988 g/mol. The van der Waals surface area contributed by atoms with E-state index in [1.807, 2.05) is 0 Å². The molecule has 67 heavy (non-hydrogen) atoms. The molecule has 1 unspecified atom stereocenters. The summed E-state index contributed by atoms with van der Waals surface area (Å²) in [7, 11) is -4.58. The van der Waals surface area contributed by atoms with Crippen LogP contribution in [0.15, 0.2) is 90.0 Å². The van der Waals surface area contributed by atoms with Gasteiger partial charge < -0.3 is 24.8 Å². The third-order valence-electron chi connectivity index (χ3n) is 9.91. The molecule has 4 N–H and O–H groups in total. The Bertz CT molecular complexity index is 2880. The van der Waals surface area contributed by atoms with Crippen molar-refractivity contribution in [3.63, 3.8) is 0 Å². The number of carbonyl (C=O) groups excluding carboxylic acids is 6. The number of rotatable bonds is 18. The molecular weight excluding hydrogens is 952 g/mol. The number of alkyl halides is 3. The van der Waals surface area contributed by atoms with Crippen molar-refractivity contribution in [3.8, 4) is 11.5 Å². The average Bonchev–Trinajstić information content (AvgIpc) is 3.84. The van der Waals surface area contributed by atoms with Gasteiger partial charge in [-0.3, -0.25) is 43.7 Å². The molecule has 350 valence electrons. The predicted molar refractivity (Wildman–Crippen MR) is 230 cm³/mol. The summed E-state index contributed by atoms with van der Waals surface area (Å²) in [5, 5.41) is 14.9. The minimum Gasteiger partial charge on any atom is -0.455 e. The van der Waals surface area contributed by atoms with Crippen molar-refractivity contribution in [2.45, 2.75) is 43.0 Å². The van der Waals surface area contributed by atoms with Crippen LogP contribution in [0.25, 0.3) is 0 Å². The lowest BCUT2D eigenvalue weighted by Gasteiger charge is -2.27. The van der Waals surface area contributed by atoms with Crippen molar-refractivity contribution in [1.82, 2.24) is 30.5 Å². The zero-order valence-corrected chi connectivity index (χ0v) is 36.7. The Morgan fingerprint density at radius 3 is 2.40 bits per heavy atom. The van der Waals surface area contributed by atoms with Gasteiger partial charge in [-0.05, 0) is 79.2 Å². The van der Waals surface area contributed by atoms with Gasteiger partial charge in [0, 0.05) is 17.0 Å². The summed E-state index contributed by atoms with van der Waals surface area (Å²) in [5.74, 6) is -3.65. The number of hydrogen-bond donors (Lipinski definition) is 4. The molecule has 0 saturated carbocycles. The number of anilines is 2. The lowest BCUT2D eigenvalue weighted by molar-refractivity contribution is -0.138. The van der Waals surface area contributed by atoms with Crippen LogP contribution in [0.5, 0.6) is 11.5 Å². The second-order valence-electron chi connectivity index (χ2n) is 14.6. The fraction of sp³-hybridized carbons (Fsp3) is 0.238. The Kier molecular flexibility index (Phi) is 14.6. The van der Waals surface area contributed by atoms with E-state index in [1.54, 1.807) is 6.20 Å². The van der Waals surface area contributed by atoms with E-state index in [9.17, 15) is 50.4 Å². The van der Waals surface area contributed by atoms with Gasteiger partial charge >= 0.3 is 6.18 Å². The lowest BCUT2D eigenvalue weighted by Crippen LogP contribution is -2.54. The Labute approximate surface area is 387 Å². The first-order valence-electron chi connectivity index (χ1n) is 19.8. The van der Waals surface area contributed by atoms with E-state index >= 15 is 0 Å². The van der Waals surface area contributed by atoms with Crippen LogP contribution in [0.3, 0.4) is 0 Å². The van der Waals surface area contributed by atoms with Crippen molar-refractivity contribution >= 4 is 80.0 Å². The number of benzene rings is 4. The van der Waals surface area contributed by atoms with E-state index in [1.165, 1.54) is 65.3 Å². The van der Waals surface area contributed by atoms with Gasteiger partial charge in [0.2, 0.25) is 17.7 Å². The van der Waals surface area contributed by atoms with Gasteiger partial charge in [0.1, 0.15) is 24.1 Å². The molecular formula is C42H35Cl2F3N8O11S. The SMILES string of the molecule is O=C1CCC(N2C(=O)c3cccc(NC(=O)COCCOCCn4cc(CNC(=O)c5ccc(Oc6ccc(Cl)cc6NS(=O)(=O)c6ccc(Cl)c(C(F)(F)F)c6)cc5)nn4)c3C2=O)C(=O)N1. The largest absolute Gasteiger partial charge is 0.455 e. The summed E-state index contributed by atoms with van der Waals surface area (Å²) in [6, 6.07) is 15.1. The Morgan fingerprint density at radius 1 is 0.896 bits per heavy atom. The van der Waals surface area contributed by atoms with Crippen LogP contribution in [0.4, 0.5) is 24.5 Å². The molecule has 0 aliphatic carbocycles. The monoisotopic (exact) mass is 986 g/mol. The van der Waals surface area contributed by atoms with Crippen molar-refractivity contribution in [3.05, 3.63) is 123 Å². The second-order valence-corrected chi connectivity index (χ2v) is 17.1. The standard InChI is InChI=1S/C42H35Cl2F3N8O11S/c43-24-6-12-34(32(18-24)52-67(62,63)27-9-10-30(44)29(19-27)42(45,46)47)66-26-7-4-23(5-8-26)38(58)48-20-25-21-54(53-51-25)14-15-64-16-17-65-22-36(57)49-31-3-1-2-28-37(31)41(61)55(40(28)60)33-11-13-35(56)50-39(33)59/h1-10,12,18-19,21,33,52H,11,13-17,20,22H2,(H,48,58)(H,49,57)(H,50,56,59). The van der Waals surface area contributed by atoms with E-state index in [0.29, 0.717) is 18.3 Å². The highest BCUT2D eigenvalue weighted by molar-refractivity contribution is 7.92. The molecule has 7 rings (SSSR count). The smallest absolute Gasteiger partial charge is 0.417 e. The van der Waals surface area contributed by atoms with E-state index in [2.05, 4.69) is 31.0 Å². The third kappa shape index (κ3) is 11.6. The molecule has 0 radical (unpaired) electrons. The number of fused-ring (bicyclic) bond motifs is 1. The van der Waals surface area contributed by atoms with Crippen LogP contribution in [0.2, 0.25) is 10.0 Å². The summed E-state index contributed by atoms with van der Waals surface area (Å²) in [4.78, 5) is 75.8. The van der Waals surface area contributed by atoms with Crippen LogP contribution in [0, 0.1) is 0 Å². The van der Waals surface area contributed by atoms with Crippen molar-refractivity contribution in [2.75, 3.05) is 36.5 Å². The normalized spacial score (nSPS) is 15.0. The fourth-order valence-electron chi connectivity index (χ4n) is 6.71. The molecule has 25 heteroatoms. The fourth-order valence-corrected chi connectivity index (χ4v) is 8.20. The number of sulfonamides is 1. The number of carbonyl (C=O) groups is 6. The van der Waals surface area contributed by atoms with Crippen LogP contribution in [-0.4, -0.2) is 96.2 Å². The molecule has 4 aromatic carbocycles. The molecule has 6 amide bonds. The van der Waals surface area contributed by atoms with Crippen molar-refractivity contribution < 1.29 is 64.6 Å². The number of imide groups is 2. The highest BCUT2D eigenvalue weighted by Gasteiger charge is 2.46. The second kappa shape index (κ2) is 20.3. The zero-order chi connectivity index (χ0) is 48.0. The maximum absolute atomic E-state index is 13.4. The van der Waals surface area contributed by atoms with Crippen LogP contribution < -0.4 is 25.4 Å². The van der Waals surface area contributed by atoms with Gasteiger partial charge in [0.25, 0.3) is 27.7 Å². The maximum Gasteiger partial charge on any atom is 0.417 e. The number of aromatic nitrogens is 3. The number of piperidine rings is 1. The van der Waals surface area contributed by atoms with Crippen LogP contribution in [-0.2, 0) is 53.1 Å². The number of ether oxygens (including phenoxy) is 3. The molecule has 19 nitrogen and oxygen atoms in total. The summed E-state index contributed by atoms with van der Waals surface area (Å²) in [5.41, 5.74) is -0.814. The van der Waals surface area contributed by atoms with Gasteiger partial charge in [-0.25, -0.2) is 13.1 Å². The molecule has 2 aliphatic heterocycles. The third-order valence-corrected chi connectivity index (χ3v) is 11.8. The number of amides is 6. The van der Waals surface area contributed by atoms with E-state index in [0.717, 1.165) is 17.0 Å². The number of nitrogens with zero attached hydrogens (tertiary/aromatic N) is 4. The van der Waals surface area contributed by atoms with E-state index in [-0.39, 0.29) is 83.8 Å². The van der Waals surface area contributed by atoms with Gasteiger partial charge in [-0.1, -0.05) is 34.5 Å². The maximum atomic E-state index is 13.4. The summed E-state index contributed by atoms with van der Waals surface area (Å²) in [6.45, 7) is 0.268. The Balaban J connectivity index is 0.815. The summed E-state index contributed by atoms with van der Waals surface area (Å²) < 4.78 is 86.9. The molecule has 0 spiro atoms. The summed E-state index contributed by atoms with van der Waals surface area (Å²) >= 11 is 11.7. The summed E-state index contributed by atoms with van der Waals surface area (Å²) in [6.07, 6.45) is -3.34. The highest BCUT2D eigenvalue weighted by atomic mass is 35.5. The first-order valence-corrected chi connectivity index (χ1v) is 22.1. The molecule has 2 aliphatic rings. The first-order chi connectivity index (χ1) is 31.9. The van der Waals surface area contributed by atoms with Crippen molar-refractivity contribution in [1.29, 1.82) is 0 Å². The molecule has 1 atom stereocenters. The number of hydrogen-bond acceptors (Lipinski definition) is 13. The molecule has 1 saturated heterocycles. The Morgan fingerprint density at radius 2 is 1.66 bits per heavy atom. The minimum absolute atomic E-state index is 0.00912. The zero-order valence-electron chi connectivity index (χ0n) is 34.4. The van der Waals surface area contributed by atoms with Gasteiger partial charge in [0.15, 0.2) is 5.75 Å². The molecule has 1 aromatic heterocycles. The van der Waals surface area contributed by atoms with Crippen LogP contribution >= 0.6 is 23.2 Å². The van der Waals surface area contributed by atoms with Crippen LogP contribution in [0.1, 0.15) is 55.2 Å². The van der Waals surface area contributed by atoms with E-state index in [4.69, 9.17) is 37.4 Å². The van der Waals surface area contributed by atoms with Gasteiger partial charge in [-0.15, -0.1) is 5.10 Å². The minimum atomic E-state index is -4.90. The Hall–Kier alpha value is -6.92. The van der Waals surface area contributed by atoms with Gasteiger partial charge in [-0.2, -0.15) is 13.2 Å². The first kappa shape index (κ1) is 48.0. The molecule has 3 heterocycles. The van der Waals surface area contributed by atoms with Crippen molar-refractivity contribution in [2.24, 2.45) is 0 Å². The lowest BCUT2D eigenvalue weighted by atomic mass is 10.0. The number of halogens is 5. The quantitative estimate of drug-likeness (QED) is 0.0652. The molecule has 5 aromatic rings. The highest BCUT2D eigenvalue weighted by Crippen LogP contribution is 2.38. The number of nitrogens with one attached hydrogen (secondary N) is 4. The van der Waals surface area contributed by atoms with E-state index < -0.39 is 79.8 Å².